The van der Waals surface area contributed by atoms with Crippen LogP contribution in [0.25, 0.3) is 0 Å². The molecule has 0 saturated carbocycles. The molecule has 8 N–H and O–H groups in total. The molecule has 124 valence electrons. The summed E-state index contributed by atoms with van der Waals surface area (Å²) in [5, 5.41) is 79.3. The van der Waals surface area contributed by atoms with Crippen molar-refractivity contribution in [3.05, 3.63) is 0 Å². The molecule has 0 bridgehead atoms. The molecule has 2 aliphatic rings. The minimum Gasteiger partial charge on any atom is -0.394 e. The molecule has 0 amide bonds. The predicted octanol–water partition coefficient (Wildman–Crippen LogP) is -5.37. The molecule has 2 rings (SSSR count). The standard InChI is InChI=1S/C11H20O10/c12-1-5-7(15)11(19,8(16)9(17)21-5)10(18)3-20-2-4(13)6(10)14/h4-9,12-19H,1-3H2/t4-,5-,6+,7+,8+,9+,10-,11+/m1/s1. The Labute approximate surface area is 119 Å². The third kappa shape index (κ3) is 2.28. The van der Waals surface area contributed by atoms with Crippen LogP contribution in [0.5, 0.6) is 0 Å². The molecule has 0 unspecified atom stereocenters. The van der Waals surface area contributed by atoms with E-state index in [4.69, 9.17) is 14.6 Å². The van der Waals surface area contributed by atoms with Crippen molar-refractivity contribution in [3.8, 4) is 0 Å². The van der Waals surface area contributed by atoms with E-state index in [0.29, 0.717) is 0 Å². The zero-order valence-corrected chi connectivity index (χ0v) is 11.0. The van der Waals surface area contributed by atoms with E-state index < -0.39 is 61.2 Å². The second kappa shape index (κ2) is 5.66. The molecule has 0 aromatic rings. The molecule has 0 aromatic heterocycles. The van der Waals surface area contributed by atoms with Gasteiger partial charge in [-0.1, -0.05) is 0 Å². The van der Waals surface area contributed by atoms with Gasteiger partial charge in [0, 0.05) is 0 Å². The third-order valence-electron chi connectivity index (χ3n) is 4.18. The summed E-state index contributed by atoms with van der Waals surface area (Å²) in [5.74, 6) is 0. The van der Waals surface area contributed by atoms with E-state index in [0.717, 1.165) is 0 Å². The number of hydrogen-bond donors (Lipinski definition) is 8. The number of ether oxygens (including phenoxy) is 2. The summed E-state index contributed by atoms with van der Waals surface area (Å²) in [6, 6.07) is 0. The molecular formula is C11H20O10. The third-order valence-corrected chi connectivity index (χ3v) is 4.18. The first kappa shape index (κ1) is 17.0. The van der Waals surface area contributed by atoms with E-state index in [9.17, 15) is 35.7 Å². The van der Waals surface area contributed by atoms with Gasteiger partial charge in [0.2, 0.25) is 0 Å². The first-order valence-electron chi connectivity index (χ1n) is 6.39. The summed E-state index contributed by atoms with van der Waals surface area (Å²) in [5.41, 5.74) is -5.60. The lowest BCUT2D eigenvalue weighted by Crippen LogP contribution is -2.82. The van der Waals surface area contributed by atoms with Crippen molar-refractivity contribution in [1.29, 1.82) is 0 Å². The molecule has 2 heterocycles. The maximum Gasteiger partial charge on any atom is 0.184 e. The van der Waals surface area contributed by atoms with Crippen molar-refractivity contribution in [2.24, 2.45) is 0 Å². The summed E-state index contributed by atoms with van der Waals surface area (Å²) >= 11 is 0. The molecule has 10 nitrogen and oxygen atoms in total. The lowest BCUT2D eigenvalue weighted by molar-refractivity contribution is -0.383. The summed E-state index contributed by atoms with van der Waals surface area (Å²) < 4.78 is 9.56. The molecule has 2 saturated heterocycles. The van der Waals surface area contributed by atoms with E-state index in [1.807, 2.05) is 0 Å². The van der Waals surface area contributed by atoms with E-state index >= 15 is 0 Å². The van der Waals surface area contributed by atoms with E-state index in [-0.39, 0.29) is 6.61 Å². The zero-order valence-electron chi connectivity index (χ0n) is 11.0. The summed E-state index contributed by atoms with van der Waals surface area (Å²) in [6.07, 6.45) is -11.4. The average Bonchev–Trinajstić information content (AvgIpc) is 2.46. The van der Waals surface area contributed by atoms with Gasteiger partial charge in [0.1, 0.15) is 30.5 Å². The highest BCUT2D eigenvalue weighted by molar-refractivity contribution is 5.17. The number of rotatable bonds is 2. The molecule has 2 aliphatic heterocycles. The topological polar surface area (TPSA) is 180 Å². The highest BCUT2D eigenvalue weighted by Crippen LogP contribution is 2.41. The summed E-state index contributed by atoms with van der Waals surface area (Å²) in [7, 11) is 0. The number of hydrogen-bond acceptors (Lipinski definition) is 10. The van der Waals surface area contributed by atoms with Gasteiger partial charge in [0.25, 0.3) is 0 Å². The van der Waals surface area contributed by atoms with Crippen LogP contribution in [0.15, 0.2) is 0 Å². The van der Waals surface area contributed by atoms with Crippen molar-refractivity contribution >= 4 is 0 Å². The van der Waals surface area contributed by atoms with Crippen LogP contribution in [0.3, 0.4) is 0 Å². The highest BCUT2D eigenvalue weighted by atomic mass is 16.6. The molecular weight excluding hydrogens is 292 g/mol. The van der Waals surface area contributed by atoms with Gasteiger partial charge in [-0.05, 0) is 0 Å². The van der Waals surface area contributed by atoms with Crippen LogP contribution in [0.1, 0.15) is 0 Å². The quantitative estimate of drug-likeness (QED) is 0.245. The van der Waals surface area contributed by atoms with Gasteiger partial charge < -0.3 is 50.3 Å². The summed E-state index contributed by atoms with van der Waals surface area (Å²) in [6.45, 7) is -1.88. The summed E-state index contributed by atoms with van der Waals surface area (Å²) in [4.78, 5) is 0. The lowest BCUT2D eigenvalue weighted by atomic mass is 9.67. The van der Waals surface area contributed by atoms with Gasteiger partial charge in [-0.25, -0.2) is 0 Å². The van der Waals surface area contributed by atoms with Gasteiger partial charge in [-0.2, -0.15) is 0 Å². The fourth-order valence-corrected chi connectivity index (χ4v) is 2.84. The second-order valence-electron chi connectivity index (χ2n) is 5.41. The monoisotopic (exact) mass is 312 g/mol. The van der Waals surface area contributed by atoms with Gasteiger partial charge in [0.05, 0.1) is 19.8 Å². The Morgan fingerprint density at radius 1 is 0.952 bits per heavy atom. The highest BCUT2D eigenvalue weighted by Gasteiger charge is 2.69. The Kier molecular flexibility index (Phi) is 4.57. The SMILES string of the molecule is OC[C@H]1O[C@H](O)[C@H](O)[C@](O)([C@@]2(O)COC[C@@H](O)[C@@H]2O)[C@H]1O. The van der Waals surface area contributed by atoms with Crippen LogP contribution in [0.2, 0.25) is 0 Å². The molecule has 0 aliphatic carbocycles. The maximum absolute atomic E-state index is 10.6. The molecule has 8 atom stereocenters. The van der Waals surface area contributed by atoms with Crippen LogP contribution in [0.4, 0.5) is 0 Å². The van der Waals surface area contributed by atoms with Crippen molar-refractivity contribution in [2.45, 2.75) is 48.0 Å². The van der Waals surface area contributed by atoms with Crippen molar-refractivity contribution < 1.29 is 50.3 Å². The van der Waals surface area contributed by atoms with Crippen molar-refractivity contribution in [2.75, 3.05) is 19.8 Å². The maximum atomic E-state index is 10.6. The van der Waals surface area contributed by atoms with E-state index in [1.54, 1.807) is 0 Å². The second-order valence-corrected chi connectivity index (χ2v) is 5.41. The fourth-order valence-electron chi connectivity index (χ4n) is 2.84. The van der Waals surface area contributed by atoms with Gasteiger partial charge >= 0.3 is 0 Å². The Hall–Kier alpha value is -0.400. The van der Waals surface area contributed by atoms with Gasteiger partial charge in [-0.15, -0.1) is 0 Å². The van der Waals surface area contributed by atoms with Crippen LogP contribution in [-0.2, 0) is 9.47 Å². The van der Waals surface area contributed by atoms with Crippen LogP contribution in [-0.4, -0.2) is 109 Å². The Balaban J connectivity index is 2.44. The van der Waals surface area contributed by atoms with Crippen molar-refractivity contribution in [1.82, 2.24) is 0 Å². The Morgan fingerprint density at radius 3 is 2.14 bits per heavy atom. The average molecular weight is 312 g/mol. The first-order chi connectivity index (χ1) is 9.70. The minimum atomic E-state index is -2.90. The number of aliphatic hydroxyl groups is 8. The van der Waals surface area contributed by atoms with Crippen molar-refractivity contribution in [3.63, 3.8) is 0 Å². The first-order valence-corrected chi connectivity index (χ1v) is 6.39. The molecule has 0 aromatic carbocycles. The van der Waals surface area contributed by atoms with E-state index in [1.165, 1.54) is 0 Å². The molecule has 2 fully saturated rings. The van der Waals surface area contributed by atoms with Crippen LogP contribution in [0, 0.1) is 0 Å². The van der Waals surface area contributed by atoms with Gasteiger partial charge in [0.15, 0.2) is 17.5 Å². The Bertz CT molecular complexity index is 380. The smallest absolute Gasteiger partial charge is 0.184 e. The fraction of sp³-hybridized carbons (Fsp3) is 1.00. The lowest BCUT2D eigenvalue weighted by Gasteiger charge is -2.56. The Morgan fingerprint density at radius 2 is 1.57 bits per heavy atom. The van der Waals surface area contributed by atoms with E-state index in [2.05, 4.69) is 0 Å². The number of aliphatic hydroxyl groups excluding tert-OH is 6. The van der Waals surface area contributed by atoms with Crippen LogP contribution < -0.4 is 0 Å². The molecule has 0 radical (unpaired) electrons. The van der Waals surface area contributed by atoms with Gasteiger partial charge in [-0.3, -0.25) is 0 Å². The molecule has 21 heavy (non-hydrogen) atoms. The van der Waals surface area contributed by atoms with Crippen LogP contribution >= 0.6 is 0 Å². The zero-order chi connectivity index (χ0) is 16.0. The normalized spacial score (nSPS) is 55.4. The predicted molar refractivity (Wildman–Crippen MR) is 62.7 cm³/mol. The molecule has 10 heteroatoms. The largest absolute Gasteiger partial charge is 0.394 e. The minimum absolute atomic E-state index is 0.325. The molecule has 0 spiro atoms.